The average Bonchev–Trinajstić information content (AvgIpc) is 3.56. The van der Waals surface area contributed by atoms with Crippen molar-refractivity contribution in [3.8, 4) is 0 Å². The van der Waals surface area contributed by atoms with Gasteiger partial charge in [0.05, 0.1) is 5.97 Å². The summed E-state index contributed by atoms with van der Waals surface area (Å²) in [6.07, 6.45) is -5.16. The summed E-state index contributed by atoms with van der Waals surface area (Å²) in [5.74, 6) is -5.09. The van der Waals surface area contributed by atoms with Gasteiger partial charge in [-0.15, -0.1) is 22.7 Å². The number of aliphatic hydroxyl groups is 2. The van der Waals surface area contributed by atoms with E-state index in [2.05, 4.69) is 10.0 Å². The highest BCUT2D eigenvalue weighted by Crippen LogP contribution is 2.23. The maximum absolute atomic E-state index is 13.3. The van der Waals surface area contributed by atoms with Crippen LogP contribution in [-0.4, -0.2) is 84.1 Å². The Kier molecular flexibility index (Phi) is 9.38. The van der Waals surface area contributed by atoms with Crippen LogP contribution in [0.25, 0.3) is 0 Å². The molecular formula is C21H25N4O9S3-. The van der Waals surface area contributed by atoms with Gasteiger partial charge >= 0.3 is 0 Å². The fraction of sp³-hybridized carbons (Fsp3) is 0.429. The van der Waals surface area contributed by atoms with Crippen molar-refractivity contribution in [1.29, 1.82) is 0 Å². The molecule has 0 aromatic carbocycles. The van der Waals surface area contributed by atoms with E-state index >= 15 is 0 Å². The van der Waals surface area contributed by atoms with Gasteiger partial charge in [-0.3, -0.25) is 14.4 Å². The molecule has 13 nitrogen and oxygen atoms in total. The number of piperidine rings is 1. The molecule has 3 heterocycles. The lowest BCUT2D eigenvalue weighted by molar-refractivity contribution is -0.317. The number of carbonyl (C=O) groups excluding carboxylic acids is 4. The van der Waals surface area contributed by atoms with E-state index in [0.717, 1.165) is 21.1 Å². The second-order valence-electron chi connectivity index (χ2n) is 8.28. The van der Waals surface area contributed by atoms with E-state index < -0.39 is 64.0 Å². The minimum atomic E-state index is -3.93. The first-order valence-electron chi connectivity index (χ1n) is 11.0. The quantitative estimate of drug-likeness (QED) is 0.186. The average molecular weight is 574 g/mol. The molecule has 1 fully saturated rings. The van der Waals surface area contributed by atoms with Gasteiger partial charge in [-0.2, -0.15) is 0 Å². The Hall–Kier alpha value is -2.89. The van der Waals surface area contributed by atoms with E-state index in [1.54, 1.807) is 29.0 Å². The minimum Gasteiger partial charge on any atom is -0.547 e. The third-order valence-electron chi connectivity index (χ3n) is 5.71. The zero-order valence-corrected chi connectivity index (χ0v) is 21.6. The highest BCUT2D eigenvalue weighted by Gasteiger charge is 2.42. The first-order chi connectivity index (χ1) is 17.4. The number of nitrogens with two attached hydrogens (primary N) is 1. The molecule has 1 aliphatic heterocycles. The number of rotatable bonds is 11. The molecule has 0 bridgehead atoms. The van der Waals surface area contributed by atoms with Crippen LogP contribution in [0.4, 0.5) is 0 Å². The van der Waals surface area contributed by atoms with Crippen molar-refractivity contribution in [2.75, 3.05) is 6.54 Å². The van der Waals surface area contributed by atoms with Crippen LogP contribution in [0.3, 0.4) is 0 Å². The normalized spacial score (nSPS) is 20.5. The van der Waals surface area contributed by atoms with Gasteiger partial charge in [-0.05, 0) is 35.7 Å². The number of sulfonamides is 1. The van der Waals surface area contributed by atoms with Crippen molar-refractivity contribution in [2.24, 2.45) is 5.73 Å². The van der Waals surface area contributed by atoms with Gasteiger partial charge < -0.3 is 36.1 Å². The largest absolute Gasteiger partial charge is 0.547 e. The summed E-state index contributed by atoms with van der Waals surface area (Å²) in [6, 6.07) is 3.02. The third-order valence-corrected chi connectivity index (χ3v) is 9.53. The van der Waals surface area contributed by atoms with Crippen molar-refractivity contribution >= 4 is 56.4 Å². The Morgan fingerprint density at radius 2 is 1.81 bits per heavy atom. The number of aliphatic hydroxyl groups excluding tert-OH is 2. The highest BCUT2D eigenvalue weighted by atomic mass is 32.2. The highest BCUT2D eigenvalue weighted by molar-refractivity contribution is 7.91. The number of thiophene rings is 2. The number of primary amides is 1. The molecule has 2 aromatic heterocycles. The summed E-state index contributed by atoms with van der Waals surface area (Å²) < 4.78 is 27.9. The Balaban J connectivity index is 1.83. The number of nitrogens with one attached hydrogen (secondary N) is 2. The second kappa shape index (κ2) is 12.1. The van der Waals surface area contributed by atoms with E-state index in [1.165, 1.54) is 17.4 Å². The van der Waals surface area contributed by atoms with Crippen molar-refractivity contribution in [3.63, 3.8) is 0 Å². The van der Waals surface area contributed by atoms with Crippen LogP contribution in [0.5, 0.6) is 0 Å². The smallest absolute Gasteiger partial charge is 0.255 e. The second-order valence-corrected chi connectivity index (χ2v) is 12.2. The third kappa shape index (κ3) is 7.12. The molecule has 5 atom stereocenters. The lowest BCUT2D eigenvalue weighted by Gasteiger charge is -2.40. The Morgan fingerprint density at radius 1 is 1.14 bits per heavy atom. The van der Waals surface area contributed by atoms with E-state index in [4.69, 9.17) is 5.73 Å². The van der Waals surface area contributed by atoms with E-state index in [-0.39, 0.29) is 30.0 Å². The van der Waals surface area contributed by atoms with Gasteiger partial charge in [0.15, 0.2) is 6.10 Å². The van der Waals surface area contributed by atoms with Crippen LogP contribution < -0.4 is 20.9 Å². The molecule has 0 aliphatic carbocycles. The SMILES string of the molecule is NC(=O)[C@H](Cc1cccs1)NC(=O)[C@@H]1C[C@@H](NS(=O)(=O)c2cccs2)CCN1C(=O)[C@@H](O)[C@H](O)C(=O)[O-]. The standard InChI is InChI=1S/C21H26N4O9S3/c22-18(28)13(10-12-3-1-7-35-12)23-19(29)14-9-11(24-37(33,34)15-4-2-8-36-15)5-6-25(14)20(30)16(26)17(27)21(31)32/h1-4,7-8,11,13-14,16-17,24,26-27H,5-6,9-10H2,(H2,22,28)(H,23,29)(H,31,32)/p-1/t11-,13-,14-,16-,17-/m0/s1. The molecule has 1 aliphatic rings. The van der Waals surface area contributed by atoms with E-state index in [0.29, 0.717) is 0 Å². The van der Waals surface area contributed by atoms with Crippen LogP contribution in [0.2, 0.25) is 0 Å². The molecule has 1 saturated heterocycles. The molecule has 0 radical (unpaired) electrons. The lowest BCUT2D eigenvalue weighted by Crippen LogP contribution is -2.62. The predicted octanol–water partition coefficient (Wildman–Crippen LogP) is -2.87. The van der Waals surface area contributed by atoms with Crippen LogP contribution in [0.1, 0.15) is 17.7 Å². The Morgan fingerprint density at radius 3 is 2.38 bits per heavy atom. The zero-order valence-electron chi connectivity index (χ0n) is 19.2. The molecule has 0 saturated carbocycles. The van der Waals surface area contributed by atoms with E-state index in [9.17, 15) is 42.9 Å². The number of carboxylic acid groups (broad SMARTS) is 1. The molecule has 202 valence electrons. The van der Waals surface area contributed by atoms with Crippen LogP contribution >= 0.6 is 22.7 Å². The van der Waals surface area contributed by atoms with Crippen LogP contribution in [-0.2, 0) is 35.6 Å². The first kappa shape index (κ1) is 28.7. The van der Waals surface area contributed by atoms with Crippen molar-refractivity contribution < 1.29 is 42.9 Å². The summed E-state index contributed by atoms with van der Waals surface area (Å²) in [7, 11) is -3.93. The molecule has 37 heavy (non-hydrogen) atoms. The van der Waals surface area contributed by atoms with Gasteiger partial charge in [0.2, 0.25) is 21.8 Å². The molecule has 3 amide bonds. The number of nitrogens with zero attached hydrogens (tertiary/aromatic N) is 1. The number of carboxylic acids is 1. The number of likely N-dealkylation sites (tertiary alicyclic amines) is 1. The lowest BCUT2D eigenvalue weighted by atomic mass is 9.95. The maximum atomic E-state index is 13.3. The summed E-state index contributed by atoms with van der Waals surface area (Å²) in [4.78, 5) is 50.6. The van der Waals surface area contributed by atoms with Crippen molar-refractivity contribution in [1.82, 2.24) is 14.9 Å². The summed E-state index contributed by atoms with van der Waals surface area (Å²) in [5, 5.41) is 36.4. The zero-order chi connectivity index (χ0) is 27.3. The predicted molar refractivity (Wildman–Crippen MR) is 129 cm³/mol. The van der Waals surface area contributed by atoms with Gasteiger partial charge in [0.25, 0.3) is 5.91 Å². The summed E-state index contributed by atoms with van der Waals surface area (Å²) >= 11 is 2.32. The first-order valence-corrected chi connectivity index (χ1v) is 14.2. The number of aliphatic carboxylic acids is 1. The number of amides is 3. The molecule has 3 rings (SSSR count). The van der Waals surface area contributed by atoms with Gasteiger partial charge in [0, 0.05) is 23.9 Å². The number of hydrogen-bond donors (Lipinski definition) is 5. The van der Waals surface area contributed by atoms with Crippen molar-refractivity contribution in [2.45, 2.75) is 53.8 Å². The summed E-state index contributed by atoms with van der Waals surface area (Å²) in [6.45, 7) is -0.266. The fourth-order valence-electron chi connectivity index (χ4n) is 3.83. The van der Waals surface area contributed by atoms with Gasteiger partial charge in [-0.1, -0.05) is 12.1 Å². The number of hydrogen-bond acceptors (Lipinski definition) is 11. The summed E-state index contributed by atoms with van der Waals surface area (Å²) in [5.41, 5.74) is 5.45. The molecule has 16 heteroatoms. The molecule has 2 aromatic rings. The molecule has 0 spiro atoms. The maximum Gasteiger partial charge on any atom is 0.255 e. The Labute approximate surface area is 219 Å². The van der Waals surface area contributed by atoms with Gasteiger partial charge in [-0.25, -0.2) is 13.1 Å². The molecule has 6 N–H and O–H groups in total. The van der Waals surface area contributed by atoms with Crippen molar-refractivity contribution in [3.05, 3.63) is 39.9 Å². The minimum absolute atomic E-state index is 0.0166. The van der Waals surface area contributed by atoms with Gasteiger partial charge in [0.1, 0.15) is 22.4 Å². The molecule has 0 unspecified atom stereocenters. The number of carbonyl (C=O) groups is 4. The van der Waals surface area contributed by atoms with Crippen LogP contribution in [0, 0.1) is 0 Å². The fourth-order valence-corrected chi connectivity index (χ4v) is 6.88. The Bertz CT molecular complexity index is 1220. The topological polar surface area (TPSA) is 219 Å². The monoisotopic (exact) mass is 573 g/mol. The van der Waals surface area contributed by atoms with E-state index in [1.807, 2.05) is 0 Å². The molecular weight excluding hydrogens is 548 g/mol. The van der Waals surface area contributed by atoms with Crippen LogP contribution in [0.15, 0.2) is 39.2 Å².